The smallest absolute Gasteiger partial charge is 0.323 e. The van der Waals surface area contributed by atoms with Crippen molar-refractivity contribution in [2.75, 3.05) is 19.0 Å². The van der Waals surface area contributed by atoms with Crippen LogP contribution in [0.5, 0.6) is 0 Å². The zero-order valence-electron chi connectivity index (χ0n) is 18.7. The van der Waals surface area contributed by atoms with E-state index in [-0.39, 0.29) is 17.3 Å². The fraction of sp³-hybridized carbons (Fsp3) is 0.391. The van der Waals surface area contributed by atoms with E-state index in [9.17, 15) is 18.0 Å². The molecule has 0 aliphatic heterocycles. The van der Waals surface area contributed by atoms with E-state index < -0.39 is 22.0 Å². The zero-order valence-corrected chi connectivity index (χ0v) is 19.5. The van der Waals surface area contributed by atoms with Gasteiger partial charge in [0.1, 0.15) is 6.04 Å². The Kier molecular flexibility index (Phi) is 9.67. The van der Waals surface area contributed by atoms with Crippen molar-refractivity contribution in [3.05, 3.63) is 59.7 Å². The molecule has 0 saturated carbocycles. The maximum atomic E-state index is 12.6. The van der Waals surface area contributed by atoms with Gasteiger partial charge in [-0.3, -0.25) is 4.79 Å². The summed E-state index contributed by atoms with van der Waals surface area (Å²) in [6.07, 6.45) is 2.27. The van der Waals surface area contributed by atoms with Gasteiger partial charge < -0.3 is 15.4 Å². The van der Waals surface area contributed by atoms with Crippen molar-refractivity contribution < 1.29 is 22.7 Å². The Bertz CT molecular complexity index is 989. The number of nitrogens with one attached hydrogen (secondary N) is 3. The monoisotopic (exact) mass is 461 g/mol. The van der Waals surface area contributed by atoms with Gasteiger partial charge in [0.15, 0.2) is 0 Å². The molecule has 32 heavy (non-hydrogen) atoms. The number of ether oxygens (including phenoxy) is 1. The number of amides is 2. The summed E-state index contributed by atoms with van der Waals surface area (Å²) in [6, 6.07) is 12.7. The summed E-state index contributed by atoms with van der Waals surface area (Å²) >= 11 is 0. The topological polar surface area (TPSA) is 114 Å². The van der Waals surface area contributed by atoms with Gasteiger partial charge in [-0.05, 0) is 62.4 Å². The Morgan fingerprint density at radius 1 is 1.00 bits per heavy atom. The Labute approximate surface area is 189 Å². The van der Waals surface area contributed by atoms with Crippen LogP contribution in [0.1, 0.15) is 37.3 Å². The lowest BCUT2D eigenvalue weighted by Crippen LogP contribution is -2.41. The van der Waals surface area contributed by atoms with Gasteiger partial charge in [0.25, 0.3) is 0 Å². The number of sulfonamides is 1. The number of hydrogen-bond acceptors (Lipinski definition) is 5. The van der Waals surface area contributed by atoms with Crippen molar-refractivity contribution in [2.45, 2.75) is 50.5 Å². The SMILES string of the molecule is CCc1ccc(NC(=O)NCCCCC(NS(=O)(=O)c2ccc(C)cc2)C(=O)OC)cc1. The molecule has 0 fully saturated rings. The fourth-order valence-electron chi connectivity index (χ4n) is 3.01. The van der Waals surface area contributed by atoms with Crippen LogP contribution in [-0.4, -0.2) is 40.1 Å². The molecule has 0 radical (unpaired) electrons. The average molecular weight is 462 g/mol. The first-order valence-electron chi connectivity index (χ1n) is 10.6. The van der Waals surface area contributed by atoms with E-state index in [1.54, 1.807) is 12.1 Å². The lowest BCUT2D eigenvalue weighted by molar-refractivity contribution is -0.142. The summed E-state index contributed by atoms with van der Waals surface area (Å²) in [5.74, 6) is -0.651. The predicted molar refractivity (Wildman–Crippen MR) is 124 cm³/mol. The molecule has 0 saturated heterocycles. The molecule has 1 atom stereocenters. The van der Waals surface area contributed by atoms with E-state index >= 15 is 0 Å². The molecule has 2 rings (SSSR count). The van der Waals surface area contributed by atoms with Crippen LogP contribution in [0.15, 0.2) is 53.4 Å². The number of carbonyl (C=O) groups is 2. The number of rotatable bonds is 11. The molecule has 174 valence electrons. The minimum Gasteiger partial charge on any atom is -0.468 e. The second-order valence-electron chi connectivity index (χ2n) is 7.44. The molecule has 0 bridgehead atoms. The van der Waals surface area contributed by atoms with E-state index in [1.165, 1.54) is 24.8 Å². The Morgan fingerprint density at radius 2 is 1.66 bits per heavy atom. The molecule has 3 N–H and O–H groups in total. The van der Waals surface area contributed by atoms with Gasteiger partial charge in [0.2, 0.25) is 10.0 Å². The molecule has 8 nitrogen and oxygen atoms in total. The van der Waals surface area contributed by atoms with Crippen molar-refractivity contribution >= 4 is 27.7 Å². The first kappa shape index (κ1) is 25.4. The number of urea groups is 1. The van der Waals surface area contributed by atoms with Crippen molar-refractivity contribution in [3.63, 3.8) is 0 Å². The molecular weight excluding hydrogens is 430 g/mol. The second kappa shape index (κ2) is 12.2. The Morgan fingerprint density at radius 3 is 2.25 bits per heavy atom. The number of carbonyl (C=O) groups excluding carboxylic acids is 2. The fourth-order valence-corrected chi connectivity index (χ4v) is 4.23. The Balaban J connectivity index is 1.80. The highest BCUT2D eigenvalue weighted by Gasteiger charge is 2.26. The van der Waals surface area contributed by atoms with Crippen molar-refractivity contribution in [2.24, 2.45) is 0 Å². The van der Waals surface area contributed by atoms with Crippen LogP contribution in [0.3, 0.4) is 0 Å². The van der Waals surface area contributed by atoms with E-state index in [0.717, 1.165) is 12.0 Å². The van der Waals surface area contributed by atoms with E-state index in [4.69, 9.17) is 4.74 Å². The van der Waals surface area contributed by atoms with Crippen LogP contribution in [0.25, 0.3) is 0 Å². The first-order valence-corrected chi connectivity index (χ1v) is 12.0. The third-order valence-electron chi connectivity index (χ3n) is 4.94. The molecule has 1 unspecified atom stereocenters. The van der Waals surface area contributed by atoms with Crippen molar-refractivity contribution in [3.8, 4) is 0 Å². The lowest BCUT2D eigenvalue weighted by Gasteiger charge is -2.17. The lowest BCUT2D eigenvalue weighted by atomic mass is 10.1. The summed E-state index contributed by atoms with van der Waals surface area (Å²) in [7, 11) is -2.64. The summed E-state index contributed by atoms with van der Waals surface area (Å²) in [4.78, 5) is 24.2. The van der Waals surface area contributed by atoms with E-state index in [1.807, 2.05) is 31.2 Å². The number of benzene rings is 2. The summed E-state index contributed by atoms with van der Waals surface area (Å²) < 4.78 is 32.3. The average Bonchev–Trinajstić information content (AvgIpc) is 2.78. The van der Waals surface area contributed by atoms with Crippen molar-refractivity contribution in [1.82, 2.24) is 10.0 Å². The van der Waals surface area contributed by atoms with Gasteiger partial charge in [-0.1, -0.05) is 36.8 Å². The largest absolute Gasteiger partial charge is 0.468 e. The van der Waals surface area contributed by atoms with Crippen LogP contribution >= 0.6 is 0 Å². The molecule has 0 heterocycles. The highest BCUT2D eigenvalue weighted by atomic mass is 32.2. The van der Waals surface area contributed by atoms with Gasteiger partial charge in [-0.25, -0.2) is 13.2 Å². The van der Waals surface area contributed by atoms with Gasteiger partial charge in [0, 0.05) is 12.2 Å². The molecule has 0 aliphatic rings. The standard InChI is InChI=1S/C23H31N3O5S/c1-4-18-10-12-19(13-11-18)25-23(28)24-16-6-5-7-21(22(27)31-3)26-32(29,30)20-14-8-17(2)9-15-20/h8-15,21,26H,4-7,16H2,1-3H3,(H2,24,25,28). The number of esters is 1. The number of hydrogen-bond donors (Lipinski definition) is 3. The quantitative estimate of drug-likeness (QED) is 0.351. The molecule has 2 aromatic carbocycles. The summed E-state index contributed by atoms with van der Waals surface area (Å²) in [5, 5.41) is 5.51. The number of methoxy groups -OCH3 is 1. The van der Waals surface area contributed by atoms with E-state index in [2.05, 4.69) is 22.3 Å². The molecule has 0 aromatic heterocycles. The Hall–Kier alpha value is -2.91. The van der Waals surface area contributed by atoms with E-state index in [0.29, 0.717) is 25.1 Å². The summed E-state index contributed by atoms with van der Waals surface area (Å²) in [5.41, 5.74) is 2.83. The minimum absolute atomic E-state index is 0.0855. The molecule has 9 heteroatoms. The van der Waals surface area contributed by atoms with Crippen LogP contribution in [0, 0.1) is 6.92 Å². The minimum atomic E-state index is -3.86. The molecule has 2 amide bonds. The molecule has 0 aliphatic carbocycles. The highest BCUT2D eigenvalue weighted by molar-refractivity contribution is 7.89. The molecule has 2 aromatic rings. The number of anilines is 1. The first-order chi connectivity index (χ1) is 15.2. The predicted octanol–water partition coefficient (Wildman–Crippen LogP) is 3.37. The third kappa shape index (κ3) is 7.97. The second-order valence-corrected chi connectivity index (χ2v) is 9.15. The van der Waals surface area contributed by atoms with Crippen LogP contribution < -0.4 is 15.4 Å². The third-order valence-corrected chi connectivity index (χ3v) is 6.43. The molecule has 0 spiro atoms. The molecular formula is C23H31N3O5S. The van der Waals surface area contributed by atoms with Crippen LogP contribution in [0.4, 0.5) is 10.5 Å². The van der Waals surface area contributed by atoms with Gasteiger partial charge in [0.05, 0.1) is 12.0 Å². The zero-order chi connectivity index (χ0) is 23.6. The maximum absolute atomic E-state index is 12.6. The van der Waals surface area contributed by atoms with Crippen LogP contribution in [-0.2, 0) is 26.0 Å². The van der Waals surface area contributed by atoms with Gasteiger partial charge in [-0.15, -0.1) is 0 Å². The van der Waals surface area contributed by atoms with Gasteiger partial charge in [-0.2, -0.15) is 4.72 Å². The number of aryl methyl sites for hydroxylation is 2. The maximum Gasteiger partial charge on any atom is 0.323 e. The highest BCUT2D eigenvalue weighted by Crippen LogP contribution is 2.13. The van der Waals surface area contributed by atoms with Crippen molar-refractivity contribution in [1.29, 1.82) is 0 Å². The summed E-state index contributed by atoms with van der Waals surface area (Å²) in [6.45, 7) is 4.31. The van der Waals surface area contributed by atoms with Crippen LogP contribution in [0.2, 0.25) is 0 Å². The van der Waals surface area contributed by atoms with Gasteiger partial charge >= 0.3 is 12.0 Å². The normalized spacial score (nSPS) is 12.1. The number of unbranched alkanes of at least 4 members (excludes halogenated alkanes) is 1.